The van der Waals surface area contributed by atoms with Crippen LogP contribution < -0.4 is 5.32 Å². The van der Waals surface area contributed by atoms with E-state index in [9.17, 15) is 4.79 Å². The lowest BCUT2D eigenvalue weighted by Gasteiger charge is -2.28. The zero-order valence-electron chi connectivity index (χ0n) is 14.0. The highest BCUT2D eigenvalue weighted by Crippen LogP contribution is 2.15. The molecule has 1 amide bonds. The fourth-order valence-electron chi connectivity index (χ4n) is 2.53. The molecule has 1 N–H and O–H groups in total. The Morgan fingerprint density at radius 3 is 2.86 bits per heavy atom. The van der Waals surface area contributed by atoms with Crippen molar-refractivity contribution in [2.24, 2.45) is 7.05 Å². The zero-order valence-corrected chi connectivity index (χ0v) is 14.0. The summed E-state index contributed by atoms with van der Waals surface area (Å²) in [5.41, 5.74) is 0.460. The van der Waals surface area contributed by atoms with Crippen LogP contribution in [-0.4, -0.2) is 50.7 Å². The summed E-state index contributed by atoms with van der Waals surface area (Å²) in [4.78, 5) is 14.1. The van der Waals surface area contributed by atoms with E-state index < -0.39 is 5.60 Å². The molecule has 7 heteroatoms. The largest absolute Gasteiger partial charge is 0.444 e. The van der Waals surface area contributed by atoms with Gasteiger partial charge in [0.15, 0.2) is 0 Å². The summed E-state index contributed by atoms with van der Waals surface area (Å²) in [6.45, 7) is 7.79. The number of nitrogens with one attached hydrogen (secondary N) is 1. The second kappa shape index (κ2) is 7.09. The number of nitrogens with zero attached hydrogens (tertiary/aromatic N) is 4. The van der Waals surface area contributed by atoms with Crippen molar-refractivity contribution in [2.75, 3.05) is 13.1 Å². The molecule has 2 heterocycles. The molecule has 0 spiro atoms. The summed E-state index contributed by atoms with van der Waals surface area (Å²) in [6.07, 6.45) is 4.86. The van der Waals surface area contributed by atoms with Crippen molar-refractivity contribution < 1.29 is 9.53 Å². The van der Waals surface area contributed by atoms with Crippen LogP contribution in [0.3, 0.4) is 0 Å². The molecular weight excluding hydrogens is 282 g/mol. The summed E-state index contributed by atoms with van der Waals surface area (Å²) in [7, 11) is 1.85. The lowest BCUT2D eigenvalue weighted by Crippen LogP contribution is -2.44. The minimum atomic E-state index is -0.452. The van der Waals surface area contributed by atoms with E-state index in [1.54, 1.807) is 4.68 Å². The normalized spacial score (nSPS) is 19.8. The topological polar surface area (TPSA) is 72.3 Å². The molecule has 2 rings (SSSR count). The third-order valence-electron chi connectivity index (χ3n) is 3.55. The van der Waals surface area contributed by atoms with Crippen LogP contribution in [0.25, 0.3) is 0 Å². The van der Waals surface area contributed by atoms with E-state index >= 15 is 0 Å². The average Bonchev–Trinajstić information content (AvgIpc) is 2.69. The van der Waals surface area contributed by atoms with Gasteiger partial charge >= 0.3 is 6.09 Å². The Hall–Kier alpha value is -1.63. The zero-order chi connectivity index (χ0) is 16.2. The fraction of sp³-hybridized carbons (Fsp3) is 0.800. The van der Waals surface area contributed by atoms with Gasteiger partial charge in [0.2, 0.25) is 0 Å². The van der Waals surface area contributed by atoms with E-state index in [0.29, 0.717) is 13.1 Å². The van der Waals surface area contributed by atoms with Gasteiger partial charge in [-0.2, -0.15) is 0 Å². The molecule has 1 saturated heterocycles. The minimum Gasteiger partial charge on any atom is -0.444 e. The van der Waals surface area contributed by atoms with Gasteiger partial charge in [-0.25, -0.2) is 4.79 Å². The number of ether oxygens (including phenoxy) is 1. The second-order valence-corrected chi connectivity index (χ2v) is 6.88. The van der Waals surface area contributed by atoms with Crippen molar-refractivity contribution >= 4 is 6.09 Å². The highest BCUT2D eigenvalue weighted by Gasteiger charge is 2.26. The Morgan fingerprint density at radius 2 is 2.23 bits per heavy atom. The predicted molar refractivity (Wildman–Crippen MR) is 83.3 cm³/mol. The molecule has 124 valence electrons. The highest BCUT2D eigenvalue weighted by molar-refractivity contribution is 5.68. The van der Waals surface area contributed by atoms with Crippen LogP contribution in [0.1, 0.15) is 45.7 Å². The molecule has 1 aliphatic heterocycles. The SMILES string of the molecule is Cn1cc(CNC2CCCCN(C(=O)OC(C)(C)C)C2)nn1. The van der Waals surface area contributed by atoms with E-state index in [1.165, 1.54) is 0 Å². The average molecular weight is 309 g/mol. The van der Waals surface area contributed by atoms with Crippen LogP contribution in [0, 0.1) is 0 Å². The van der Waals surface area contributed by atoms with E-state index in [1.807, 2.05) is 38.9 Å². The third-order valence-corrected chi connectivity index (χ3v) is 3.55. The number of rotatable bonds is 3. The molecule has 0 aromatic carbocycles. The lowest BCUT2D eigenvalue weighted by molar-refractivity contribution is 0.0243. The van der Waals surface area contributed by atoms with Gasteiger partial charge in [0.25, 0.3) is 0 Å². The quantitative estimate of drug-likeness (QED) is 0.920. The van der Waals surface area contributed by atoms with E-state index in [4.69, 9.17) is 4.74 Å². The van der Waals surface area contributed by atoms with Crippen molar-refractivity contribution in [2.45, 2.75) is 58.2 Å². The highest BCUT2D eigenvalue weighted by atomic mass is 16.6. The molecule has 0 aliphatic carbocycles. The van der Waals surface area contributed by atoms with Crippen LogP contribution in [0.2, 0.25) is 0 Å². The molecule has 1 unspecified atom stereocenters. The van der Waals surface area contributed by atoms with Crippen LogP contribution in [0.15, 0.2) is 6.20 Å². The number of aromatic nitrogens is 3. The van der Waals surface area contributed by atoms with Gasteiger partial charge in [-0.05, 0) is 33.6 Å². The molecule has 0 radical (unpaired) electrons. The molecule has 1 aromatic rings. The van der Waals surface area contributed by atoms with Crippen LogP contribution in [0.4, 0.5) is 4.79 Å². The summed E-state index contributed by atoms with van der Waals surface area (Å²) >= 11 is 0. The molecule has 0 saturated carbocycles. The first-order valence-electron chi connectivity index (χ1n) is 7.90. The Kier molecular flexibility index (Phi) is 5.39. The standard InChI is InChI=1S/C15H27N5O2/c1-15(2,3)22-14(21)20-8-6-5-7-12(11-20)16-9-13-10-19(4)18-17-13/h10,12,16H,5-9,11H2,1-4H3. The van der Waals surface area contributed by atoms with E-state index in [-0.39, 0.29) is 12.1 Å². The molecule has 1 atom stereocenters. The minimum absolute atomic E-state index is 0.222. The fourth-order valence-corrected chi connectivity index (χ4v) is 2.53. The molecular formula is C15H27N5O2. The maximum absolute atomic E-state index is 12.2. The van der Waals surface area contributed by atoms with Crippen molar-refractivity contribution in [1.29, 1.82) is 0 Å². The van der Waals surface area contributed by atoms with Gasteiger partial charge in [-0.1, -0.05) is 11.6 Å². The van der Waals surface area contributed by atoms with Crippen LogP contribution in [0.5, 0.6) is 0 Å². The molecule has 7 nitrogen and oxygen atoms in total. The number of carbonyl (C=O) groups is 1. The van der Waals surface area contributed by atoms with Crippen LogP contribution >= 0.6 is 0 Å². The predicted octanol–water partition coefficient (Wildman–Crippen LogP) is 1.69. The number of likely N-dealkylation sites (tertiary alicyclic amines) is 1. The number of carbonyl (C=O) groups excluding carboxylic acids is 1. The van der Waals surface area contributed by atoms with E-state index in [0.717, 1.165) is 31.5 Å². The van der Waals surface area contributed by atoms with Crippen LogP contribution in [-0.2, 0) is 18.3 Å². The van der Waals surface area contributed by atoms with Crippen molar-refractivity contribution in [3.8, 4) is 0 Å². The van der Waals surface area contributed by atoms with Crippen molar-refractivity contribution in [3.05, 3.63) is 11.9 Å². The Morgan fingerprint density at radius 1 is 1.45 bits per heavy atom. The molecule has 1 aromatic heterocycles. The third kappa shape index (κ3) is 5.29. The Balaban J connectivity index is 1.87. The smallest absolute Gasteiger partial charge is 0.410 e. The number of aryl methyl sites for hydroxylation is 1. The maximum Gasteiger partial charge on any atom is 0.410 e. The van der Waals surface area contributed by atoms with E-state index in [2.05, 4.69) is 15.6 Å². The van der Waals surface area contributed by atoms with Gasteiger partial charge in [0, 0.05) is 38.9 Å². The molecule has 0 bridgehead atoms. The molecule has 22 heavy (non-hydrogen) atoms. The molecule has 1 fully saturated rings. The van der Waals surface area contributed by atoms with Crippen molar-refractivity contribution in [3.63, 3.8) is 0 Å². The van der Waals surface area contributed by atoms with Gasteiger partial charge in [0.1, 0.15) is 5.60 Å². The van der Waals surface area contributed by atoms with Gasteiger partial charge in [0.05, 0.1) is 5.69 Å². The van der Waals surface area contributed by atoms with Gasteiger partial charge < -0.3 is 15.0 Å². The molecule has 1 aliphatic rings. The number of amides is 1. The Labute approximate surface area is 132 Å². The lowest BCUT2D eigenvalue weighted by atomic mass is 10.1. The summed E-state index contributed by atoms with van der Waals surface area (Å²) in [5.74, 6) is 0. The summed E-state index contributed by atoms with van der Waals surface area (Å²) < 4.78 is 7.17. The van der Waals surface area contributed by atoms with Crippen molar-refractivity contribution in [1.82, 2.24) is 25.2 Å². The first-order valence-corrected chi connectivity index (χ1v) is 7.90. The number of hydrogen-bond acceptors (Lipinski definition) is 5. The summed E-state index contributed by atoms with van der Waals surface area (Å²) in [6, 6.07) is 0.261. The summed E-state index contributed by atoms with van der Waals surface area (Å²) in [5, 5.41) is 11.5. The number of hydrogen-bond donors (Lipinski definition) is 1. The first kappa shape index (κ1) is 16.7. The van der Waals surface area contributed by atoms with Gasteiger partial charge in [-0.3, -0.25) is 4.68 Å². The Bertz CT molecular complexity index is 494. The maximum atomic E-state index is 12.2. The first-order chi connectivity index (χ1) is 10.3. The van der Waals surface area contributed by atoms with Gasteiger partial charge in [-0.15, -0.1) is 5.10 Å². The second-order valence-electron chi connectivity index (χ2n) is 6.88. The monoisotopic (exact) mass is 309 g/mol.